The number of rotatable bonds is 3. The van der Waals surface area contributed by atoms with E-state index in [0.717, 1.165) is 11.3 Å². The van der Waals surface area contributed by atoms with Crippen molar-refractivity contribution < 1.29 is 4.43 Å². The van der Waals surface area contributed by atoms with E-state index in [1.54, 1.807) is 0 Å². The highest BCUT2D eigenvalue weighted by Gasteiger charge is 2.17. The molecular formula is C13H22OSi. The van der Waals surface area contributed by atoms with Crippen molar-refractivity contribution in [3.05, 3.63) is 42.5 Å². The van der Waals surface area contributed by atoms with Gasteiger partial charge in [0.25, 0.3) is 0 Å². The van der Waals surface area contributed by atoms with Crippen LogP contribution in [0.15, 0.2) is 36.9 Å². The molecule has 0 aliphatic rings. The lowest BCUT2D eigenvalue weighted by Crippen LogP contribution is -2.24. The minimum absolute atomic E-state index is 0.791. The third-order valence-electron chi connectivity index (χ3n) is 1.53. The Kier molecular flexibility index (Phi) is 6.02. The molecule has 0 radical (unpaired) electrons. The van der Waals surface area contributed by atoms with Gasteiger partial charge in [0.05, 0.1) is 0 Å². The Morgan fingerprint density at radius 1 is 1.07 bits per heavy atom. The fraction of sp³-hybridized carbons (Fsp3) is 0.385. The van der Waals surface area contributed by atoms with E-state index in [1.807, 2.05) is 44.2 Å². The van der Waals surface area contributed by atoms with Crippen molar-refractivity contribution in [1.82, 2.24) is 0 Å². The highest BCUT2D eigenvalue weighted by Crippen LogP contribution is 2.18. The van der Waals surface area contributed by atoms with E-state index in [9.17, 15) is 0 Å². The van der Waals surface area contributed by atoms with Gasteiger partial charge < -0.3 is 4.43 Å². The summed E-state index contributed by atoms with van der Waals surface area (Å²) in [6.07, 6.45) is 0. The second-order valence-electron chi connectivity index (χ2n) is 4.00. The van der Waals surface area contributed by atoms with Crippen molar-refractivity contribution in [3.8, 4) is 0 Å². The zero-order valence-electron chi connectivity index (χ0n) is 10.5. The van der Waals surface area contributed by atoms with Gasteiger partial charge in [-0.3, -0.25) is 0 Å². The lowest BCUT2D eigenvalue weighted by molar-refractivity contribution is 0.516. The normalized spacial score (nSPS) is 9.93. The van der Waals surface area contributed by atoms with E-state index >= 15 is 0 Å². The van der Waals surface area contributed by atoms with Crippen molar-refractivity contribution in [2.75, 3.05) is 0 Å². The lowest BCUT2D eigenvalue weighted by atomic mass is 10.2. The molecule has 1 rings (SSSR count). The van der Waals surface area contributed by atoms with Crippen LogP contribution in [-0.4, -0.2) is 8.32 Å². The molecule has 0 unspecified atom stereocenters. The molecule has 0 saturated heterocycles. The van der Waals surface area contributed by atoms with Gasteiger partial charge in [0.2, 0.25) is 8.32 Å². The fourth-order valence-corrected chi connectivity index (χ4v) is 1.91. The minimum atomic E-state index is -1.50. The molecule has 0 spiro atoms. The second-order valence-corrected chi connectivity index (χ2v) is 8.43. The standard InChI is InChI=1S/C11H16OSi.C2H6/c1-10(12-13(2,3)4)11-8-6-5-7-9-11;1-2/h5-9H,1H2,2-4H3;1-2H3. The number of hydrogen-bond acceptors (Lipinski definition) is 1. The molecule has 0 aliphatic carbocycles. The Morgan fingerprint density at radius 2 is 1.53 bits per heavy atom. The predicted molar refractivity (Wildman–Crippen MR) is 71.3 cm³/mol. The quantitative estimate of drug-likeness (QED) is 0.539. The Morgan fingerprint density at radius 3 is 1.93 bits per heavy atom. The molecule has 15 heavy (non-hydrogen) atoms. The maximum Gasteiger partial charge on any atom is 0.242 e. The Balaban J connectivity index is 0.000000921. The molecule has 0 N–H and O–H groups in total. The second kappa shape index (κ2) is 6.46. The summed E-state index contributed by atoms with van der Waals surface area (Å²) in [5.41, 5.74) is 1.07. The summed E-state index contributed by atoms with van der Waals surface area (Å²) in [5, 5.41) is 0. The van der Waals surface area contributed by atoms with Crippen LogP contribution < -0.4 is 0 Å². The summed E-state index contributed by atoms with van der Waals surface area (Å²) in [7, 11) is -1.50. The molecule has 0 aliphatic heterocycles. The fourth-order valence-electron chi connectivity index (χ4n) is 1.05. The van der Waals surface area contributed by atoms with Gasteiger partial charge >= 0.3 is 0 Å². The van der Waals surface area contributed by atoms with E-state index in [-0.39, 0.29) is 0 Å². The first-order chi connectivity index (χ1) is 6.99. The first-order valence-corrected chi connectivity index (χ1v) is 8.83. The zero-order valence-corrected chi connectivity index (χ0v) is 11.5. The summed E-state index contributed by atoms with van der Waals surface area (Å²) >= 11 is 0. The molecule has 0 aromatic heterocycles. The van der Waals surface area contributed by atoms with Gasteiger partial charge in [0.1, 0.15) is 5.76 Å². The van der Waals surface area contributed by atoms with E-state index < -0.39 is 8.32 Å². The first-order valence-electron chi connectivity index (χ1n) is 5.42. The van der Waals surface area contributed by atoms with Crippen LogP contribution in [0.3, 0.4) is 0 Å². The molecule has 1 nitrogen and oxygen atoms in total. The van der Waals surface area contributed by atoms with Gasteiger partial charge in [-0.25, -0.2) is 0 Å². The van der Waals surface area contributed by atoms with Crippen molar-refractivity contribution >= 4 is 14.1 Å². The minimum Gasteiger partial charge on any atom is -0.544 e. The van der Waals surface area contributed by atoms with Crippen LogP contribution in [0.2, 0.25) is 19.6 Å². The van der Waals surface area contributed by atoms with E-state index in [0.29, 0.717) is 0 Å². The lowest BCUT2D eigenvalue weighted by Gasteiger charge is -2.20. The highest BCUT2D eigenvalue weighted by atomic mass is 28.4. The molecule has 0 bridgehead atoms. The van der Waals surface area contributed by atoms with Gasteiger partial charge in [-0.1, -0.05) is 50.8 Å². The van der Waals surface area contributed by atoms with Crippen LogP contribution in [0.5, 0.6) is 0 Å². The van der Waals surface area contributed by atoms with Crippen molar-refractivity contribution in [2.24, 2.45) is 0 Å². The molecule has 0 saturated carbocycles. The van der Waals surface area contributed by atoms with E-state index in [2.05, 4.69) is 26.2 Å². The average Bonchev–Trinajstić information content (AvgIpc) is 2.20. The van der Waals surface area contributed by atoms with Crippen LogP contribution in [0.4, 0.5) is 0 Å². The Hall–Kier alpha value is -1.02. The van der Waals surface area contributed by atoms with Crippen molar-refractivity contribution in [1.29, 1.82) is 0 Å². The molecular weight excluding hydrogens is 200 g/mol. The monoisotopic (exact) mass is 222 g/mol. The molecule has 84 valence electrons. The molecule has 1 aromatic carbocycles. The topological polar surface area (TPSA) is 9.23 Å². The van der Waals surface area contributed by atoms with Gasteiger partial charge in [-0.05, 0) is 19.6 Å². The van der Waals surface area contributed by atoms with Crippen LogP contribution in [0, 0.1) is 0 Å². The third-order valence-corrected chi connectivity index (χ3v) is 2.38. The molecule has 2 heteroatoms. The largest absolute Gasteiger partial charge is 0.544 e. The molecule has 0 fully saturated rings. The first kappa shape index (κ1) is 14.0. The maximum atomic E-state index is 5.77. The molecule has 1 aromatic rings. The predicted octanol–water partition coefficient (Wildman–Crippen LogP) is 4.54. The smallest absolute Gasteiger partial charge is 0.242 e. The summed E-state index contributed by atoms with van der Waals surface area (Å²) in [5.74, 6) is 0.791. The van der Waals surface area contributed by atoms with Gasteiger partial charge in [-0.15, -0.1) is 0 Å². The average molecular weight is 222 g/mol. The van der Waals surface area contributed by atoms with Crippen LogP contribution in [-0.2, 0) is 4.43 Å². The van der Waals surface area contributed by atoms with Crippen LogP contribution >= 0.6 is 0 Å². The SMILES string of the molecule is C=C(O[Si](C)(C)C)c1ccccc1.CC. The number of benzene rings is 1. The summed E-state index contributed by atoms with van der Waals surface area (Å²) in [4.78, 5) is 0. The van der Waals surface area contributed by atoms with Gasteiger partial charge in [-0.2, -0.15) is 0 Å². The van der Waals surface area contributed by atoms with Crippen LogP contribution in [0.1, 0.15) is 19.4 Å². The Labute approximate surface area is 94.9 Å². The molecule has 0 atom stereocenters. The van der Waals surface area contributed by atoms with E-state index in [4.69, 9.17) is 4.43 Å². The third kappa shape index (κ3) is 6.13. The molecule has 0 heterocycles. The van der Waals surface area contributed by atoms with E-state index in [1.165, 1.54) is 0 Å². The Bertz CT molecular complexity index is 285. The summed E-state index contributed by atoms with van der Waals surface area (Å²) in [6.45, 7) is 14.4. The summed E-state index contributed by atoms with van der Waals surface area (Å²) in [6, 6.07) is 10.0. The van der Waals surface area contributed by atoms with Crippen molar-refractivity contribution in [2.45, 2.75) is 33.5 Å². The maximum absolute atomic E-state index is 5.77. The van der Waals surface area contributed by atoms with Gasteiger partial charge in [0, 0.05) is 5.56 Å². The number of hydrogen-bond donors (Lipinski definition) is 0. The zero-order chi connectivity index (χ0) is 11.9. The van der Waals surface area contributed by atoms with Gasteiger partial charge in [0.15, 0.2) is 0 Å². The summed E-state index contributed by atoms with van der Waals surface area (Å²) < 4.78 is 5.77. The van der Waals surface area contributed by atoms with Crippen molar-refractivity contribution in [3.63, 3.8) is 0 Å². The van der Waals surface area contributed by atoms with Crippen LogP contribution in [0.25, 0.3) is 5.76 Å². The highest BCUT2D eigenvalue weighted by molar-refractivity contribution is 6.70. The molecule has 0 amide bonds.